The number of rotatable bonds is 7. The van der Waals surface area contributed by atoms with Crippen LogP contribution in [0.15, 0.2) is 47.4 Å². The summed E-state index contributed by atoms with van der Waals surface area (Å²) in [5.41, 5.74) is 1.68. The van der Waals surface area contributed by atoms with Gasteiger partial charge in [-0.2, -0.15) is 0 Å². The molecule has 0 N–H and O–H groups in total. The molecule has 0 unspecified atom stereocenters. The molecule has 0 spiro atoms. The predicted molar refractivity (Wildman–Crippen MR) is 119 cm³/mol. The highest BCUT2D eigenvalue weighted by Crippen LogP contribution is 2.31. The van der Waals surface area contributed by atoms with Gasteiger partial charge in [-0.3, -0.25) is 9.69 Å². The molecule has 6 nitrogen and oxygen atoms in total. The predicted octanol–water partition coefficient (Wildman–Crippen LogP) is 3.63. The Labute approximate surface area is 179 Å². The van der Waals surface area contributed by atoms with E-state index < -0.39 is 21.5 Å². The SMILES string of the molecule is Cc1ccc(S(=O)(=O)CC(=O)N(CCN(C)C)c2nc3ccc(Cl)cc3s2)cc1. The Morgan fingerprint density at radius 2 is 1.79 bits per heavy atom. The molecule has 0 aliphatic carbocycles. The van der Waals surface area contributed by atoms with Crippen LogP contribution < -0.4 is 4.90 Å². The van der Waals surface area contributed by atoms with Gasteiger partial charge in [0.25, 0.3) is 0 Å². The number of thiazole rings is 1. The summed E-state index contributed by atoms with van der Waals surface area (Å²) in [6.07, 6.45) is 0. The number of carbonyl (C=O) groups is 1. The van der Waals surface area contributed by atoms with Crippen molar-refractivity contribution in [3.8, 4) is 0 Å². The van der Waals surface area contributed by atoms with E-state index in [4.69, 9.17) is 11.6 Å². The lowest BCUT2D eigenvalue weighted by molar-refractivity contribution is -0.116. The number of benzene rings is 2. The first-order valence-electron chi connectivity index (χ1n) is 8.96. The zero-order valence-corrected chi connectivity index (χ0v) is 18.8. The van der Waals surface area contributed by atoms with Crippen molar-refractivity contribution >= 4 is 54.0 Å². The molecular formula is C20H22ClN3O3S2. The zero-order valence-electron chi connectivity index (χ0n) is 16.4. The molecule has 1 amide bonds. The van der Waals surface area contributed by atoms with Gasteiger partial charge in [0.2, 0.25) is 5.91 Å². The van der Waals surface area contributed by atoms with E-state index in [-0.39, 0.29) is 4.90 Å². The minimum atomic E-state index is -3.75. The van der Waals surface area contributed by atoms with Crippen molar-refractivity contribution in [2.24, 2.45) is 0 Å². The summed E-state index contributed by atoms with van der Waals surface area (Å²) in [7, 11) is 0.0317. The number of anilines is 1. The van der Waals surface area contributed by atoms with Crippen molar-refractivity contribution in [3.05, 3.63) is 53.1 Å². The van der Waals surface area contributed by atoms with Gasteiger partial charge < -0.3 is 4.90 Å². The average molecular weight is 452 g/mol. The zero-order chi connectivity index (χ0) is 21.2. The van der Waals surface area contributed by atoms with Crippen molar-refractivity contribution < 1.29 is 13.2 Å². The van der Waals surface area contributed by atoms with E-state index in [1.165, 1.54) is 28.4 Å². The molecule has 0 aliphatic heterocycles. The molecule has 3 aromatic rings. The molecule has 154 valence electrons. The molecule has 29 heavy (non-hydrogen) atoms. The summed E-state index contributed by atoms with van der Waals surface area (Å²) in [4.78, 5) is 21.1. The number of nitrogens with zero attached hydrogens (tertiary/aromatic N) is 3. The Morgan fingerprint density at radius 3 is 2.45 bits per heavy atom. The first kappa shape index (κ1) is 21.7. The molecule has 0 bridgehead atoms. The van der Waals surface area contributed by atoms with Crippen LogP contribution in [0.1, 0.15) is 5.56 Å². The van der Waals surface area contributed by atoms with Gasteiger partial charge in [-0.05, 0) is 51.4 Å². The van der Waals surface area contributed by atoms with E-state index in [2.05, 4.69) is 4.98 Å². The Bertz CT molecular complexity index is 1130. The number of likely N-dealkylation sites (N-methyl/N-ethyl adjacent to an activating group) is 1. The Morgan fingerprint density at radius 1 is 1.10 bits per heavy atom. The number of aromatic nitrogens is 1. The molecule has 0 saturated heterocycles. The van der Waals surface area contributed by atoms with Gasteiger partial charge in [-0.15, -0.1) is 0 Å². The summed E-state index contributed by atoms with van der Waals surface area (Å²) in [6.45, 7) is 2.79. The second-order valence-corrected chi connectivity index (χ2v) is 10.5. The standard InChI is InChI=1S/C20H22ClN3O3S2/c1-14-4-7-16(8-5-14)29(26,27)13-19(25)24(11-10-23(2)3)20-22-17-9-6-15(21)12-18(17)28-20/h4-9,12H,10-11,13H2,1-3H3. The van der Waals surface area contributed by atoms with E-state index in [9.17, 15) is 13.2 Å². The van der Waals surface area contributed by atoms with Crippen LogP contribution in [0.5, 0.6) is 0 Å². The van der Waals surface area contributed by atoms with E-state index in [1.807, 2.05) is 25.9 Å². The van der Waals surface area contributed by atoms with Gasteiger partial charge in [0, 0.05) is 18.1 Å². The molecule has 0 atom stereocenters. The quantitative estimate of drug-likeness (QED) is 0.548. The van der Waals surface area contributed by atoms with Crippen LogP contribution in [0.2, 0.25) is 5.02 Å². The lowest BCUT2D eigenvalue weighted by Gasteiger charge is -2.22. The van der Waals surface area contributed by atoms with Crippen LogP contribution in [0, 0.1) is 6.92 Å². The highest BCUT2D eigenvalue weighted by molar-refractivity contribution is 7.92. The summed E-state index contributed by atoms with van der Waals surface area (Å²) in [5.74, 6) is -1.11. The topological polar surface area (TPSA) is 70.6 Å². The minimum absolute atomic E-state index is 0.139. The number of amides is 1. The van der Waals surface area contributed by atoms with Gasteiger partial charge in [0.1, 0.15) is 5.75 Å². The summed E-state index contributed by atoms with van der Waals surface area (Å²) in [5, 5.41) is 1.05. The van der Waals surface area contributed by atoms with Crippen molar-refractivity contribution in [3.63, 3.8) is 0 Å². The Balaban J connectivity index is 1.90. The van der Waals surface area contributed by atoms with Crippen LogP contribution in [0.4, 0.5) is 5.13 Å². The van der Waals surface area contributed by atoms with E-state index in [0.29, 0.717) is 23.2 Å². The lowest BCUT2D eigenvalue weighted by Crippen LogP contribution is -2.40. The first-order valence-corrected chi connectivity index (χ1v) is 11.8. The molecule has 1 heterocycles. The van der Waals surface area contributed by atoms with Crippen LogP contribution >= 0.6 is 22.9 Å². The molecule has 0 aliphatic rings. The smallest absolute Gasteiger partial charge is 0.244 e. The van der Waals surface area contributed by atoms with Gasteiger partial charge in [0.15, 0.2) is 15.0 Å². The maximum Gasteiger partial charge on any atom is 0.244 e. The third kappa shape index (κ3) is 5.33. The highest BCUT2D eigenvalue weighted by atomic mass is 35.5. The van der Waals surface area contributed by atoms with Gasteiger partial charge >= 0.3 is 0 Å². The fraction of sp³-hybridized carbons (Fsp3) is 0.300. The molecule has 1 aromatic heterocycles. The Hall–Kier alpha value is -2.00. The van der Waals surface area contributed by atoms with Gasteiger partial charge in [-0.1, -0.05) is 40.6 Å². The normalized spacial score (nSPS) is 11.9. The molecule has 9 heteroatoms. The van der Waals surface area contributed by atoms with Crippen LogP contribution in [-0.2, 0) is 14.6 Å². The molecule has 0 radical (unpaired) electrons. The fourth-order valence-corrected chi connectivity index (χ4v) is 5.18. The number of fused-ring (bicyclic) bond motifs is 1. The minimum Gasteiger partial charge on any atom is -0.308 e. The molecule has 0 fully saturated rings. The number of aryl methyl sites for hydroxylation is 1. The highest BCUT2D eigenvalue weighted by Gasteiger charge is 2.26. The third-order valence-electron chi connectivity index (χ3n) is 4.34. The lowest BCUT2D eigenvalue weighted by atomic mass is 10.2. The number of hydrogen-bond acceptors (Lipinski definition) is 6. The Kier molecular flexibility index (Phi) is 6.58. The number of halogens is 1. The molecule has 3 rings (SSSR count). The number of sulfone groups is 1. The van der Waals surface area contributed by atoms with Crippen molar-refractivity contribution in [1.82, 2.24) is 9.88 Å². The van der Waals surface area contributed by atoms with Crippen LogP contribution in [0.25, 0.3) is 10.2 Å². The summed E-state index contributed by atoms with van der Waals surface area (Å²) < 4.78 is 26.3. The maximum absolute atomic E-state index is 13.0. The third-order valence-corrected chi connectivity index (χ3v) is 7.23. The largest absolute Gasteiger partial charge is 0.308 e. The second-order valence-electron chi connectivity index (χ2n) is 7.03. The second kappa shape index (κ2) is 8.79. The molecule has 2 aromatic carbocycles. The van der Waals surface area contributed by atoms with Gasteiger partial charge in [0.05, 0.1) is 15.1 Å². The fourth-order valence-electron chi connectivity index (χ4n) is 2.70. The summed E-state index contributed by atoms with van der Waals surface area (Å²) >= 11 is 7.37. The number of hydrogen-bond donors (Lipinski definition) is 0. The molecule has 0 saturated carbocycles. The van der Waals surface area contributed by atoms with Crippen LogP contribution in [-0.4, -0.2) is 57.1 Å². The molecular weight excluding hydrogens is 430 g/mol. The van der Waals surface area contributed by atoms with Crippen molar-refractivity contribution in [2.45, 2.75) is 11.8 Å². The van der Waals surface area contributed by atoms with Crippen LogP contribution in [0.3, 0.4) is 0 Å². The monoisotopic (exact) mass is 451 g/mol. The maximum atomic E-state index is 13.0. The summed E-state index contributed by atoms with van der Waals surface area (Å²) in [6, 6.07) is 11.8. The average Bonchev–Trinajstić information content (AvgIpc) is 3.04. The first-order chi connectivity index (χ1) is 13.7. The van der Waals surface area contributed by atoms with Gasteiger partial charge in [-0.25, -0.2) is 13.4 Å². The van der Waals surface area contributed by atoms with E-state index in [0.717, 1.165) is 15.8 Å². The van der Waals surface area contributed by atoms with Crippen molar-refractivity contribution in [2.75, 3.05) is 37.8 Å². The van der Waals surface area contributed by atoms with E-state index in [1.54, 1.807) is 30.3 Å². The van der Waals surface area contributed by atoms with E-state index >= 15 is 0 Å². The number of carbonyl (C=O) groups excluding carboxylic acids is 1. The van der Waals surface area contributed by atoms with Crippen molar-refractivity contribution in [1.29, 1.82) is 0 Å².